The number of carbonyl (C=O) groups is 2. The molecule has 6 heteroatoms. The summed E-state index contributed by atoms with van der Waals surface area (Å²) >= 11 is 0. The van der Waals surface area contributed by atoms with Gasteiger partial charge in [0.1, 0.15) is 23.5 Å². The molecule has 0 radical (unpaired) electrons. The maximum atomic E-state index is 12.2. The van der Waals surface area contributed by atoms with Crippen LogP contribution >= 0.6 is 0 Å². The molecule has 0 bridgehead atoms. The highest BCUT2D eigenvalue weighted by atomic mass is 16.5. The number of aromatic nitrogens is 1. The lowest BCUT2D eigenvalue weighted by atomic mass is 9.97. The SMILES string of the molecule is CC1C(=O)NC(C)(C)C(=O)N1Cc1ccon1. The van der Waals surface area contributed by atoms with E-state index in [2.05, 4.69) is 10.5 Å². The number of amides is 2. The molecule has 1 saturated heterocycles. The van der Waals surface area contributed by atoms with Gasteiger partial charge in [-0.15, -0.1) is 0 Å². The number of nitrogens with zero attached hydrogens (tertiary/aromatic N) is 2. The van der Waals surface area contributed by atoms with Crippen LogP contribution in [0, 0.1) is 0 Å². The van der Waals surface area contributed by atoms with Crippen molar-refractivity contribution in [1.82, 2.24) is 15.4 Å². The second-order valence-corrected chi connectivity index (χ2v) is 4.71. The van der Waals surface area contributed by atoms with E-state index in [9.17, 15) is 9.59 Å². The van der Waals surface area contributed by atoms with Gasteiger partial charge in [-0.2, -0.15) is 0 Å². The first-order chi connectivity index (χ1) is 7.92. The van der Waals surface area contributed by atoms with Gasteiger partial charge in [0.2, 0.25) is 11.8 Å². The Hall–Kier alpha value is -1.85. The molecule has 92 valence electrons. The van der Waals surface area contributed by atoms with Crippen molar-refractivity contribution in [1.29, 1.82) is 0 Å². The van der Waals surface area contributed by atoms with Crippen molar-refractivity contribution >= 4 is 11.8 Å². The predicted molar refractivity (Wildman–Crippen MR) is 58.7 cm³/mol. The first-order valence-corrected chi connectivity index (χ1v) is 5.44. The zero-order valence-corrected chi connectivity index (χ0v) is 10.1. The van der Waals surface area contributed by atoms with E-state index >= 15 is 0 Å². The summed E-state index contributed by atoms with van der Waals surface area (Å²) in [7, 11) is 0. The van der Waals surface area contributed by atoms with Gasteiger partial charge in [-0.3, -0.25) is 9.59 Å². The van der Waals surface area contributed by atoms with E-state index in [4.69, 9.17) is 4.52 Å². The van der Waals surface area contributed by atoms with Gasteiger partial charge in [-0.25, -0.2) is 0 Å². The molecule has 0 saturated carbocycles. The normalized spacial score (nSPS) is 23.7. The Balaban J connectivity index is 2.23. The number of hydrogen-bond acceptors (Lipinski definition) is 4. The Kier molecular flexibility index (Phi) is 2.65. The number of carbonyl (C=O) groups excluding carboxylic acids is 2. The van der Waals surface area contributed by atoms with Crippen molar-refractivity contribution in [3.8, 4) is 0 Å². The highest BCUT2D eigenvalue weighted by Gasteiger charge is 2.43. The van der Waals surface area contributed by atoms with Crippen LogP contribution in [0.1, 0.15) is 26.5 Å². The minimum absolute atomic E-state index is 0.118. The summed E-state index contributed by atoms with van der Waals surface area (Å²) in [5.41, 5.74) is -0.233. The molecule has 0 spiro atoms. The van der Waals surface area contributed by atoms with Crippen LogP contribution in [0.5, 0.6) is 0 Å². The summed E-state index contributed by atoms with van der Waals surface area (Å²) in [5.74, 6) is -0.273. The van der Waals surface area contributed by atoms with Crippen molar-refractivity contribution < 1.29 is 14.1 Å². The minimum Gasteiger partial charge on any atom is -0.364 e. The molecule has 1 fully saturated rings. The zero-order valence-electron chi connectivity index (χ0n) is 10.1. The topological polar surface area (TPSA) is 75.4 Å². The van der Waals surface area contributed by atoms with Gasteiger partial charge in [0, 0.05) is 6.07 Å². The third-order valence-electron chi connectivity index (χ3n) is 2.90. The molecule has 1 aromatic heterocycles. The van der Waals surface area contributed by atoms with Crippen LogP contribution in [0.4, 0.5) is 0 Å². The Morgan fingerprint density at radius 3 is 2.82 bits per heavy atom. The van der Waals surface area contributed by atoms with Gasteiger partial charge in [0.05, 0.1) is 6.54 Å². The van der Waals surface area contributed by atoms with Crippen LogP contribution in [0.25, 0.3) is 0 Å². The molecule has 1 aromatic rings. The Morgan fingerprint density at radius 1 is 1.53 bits per heavy atom. The fourth-order valence-corrected chi connectivity index (χ4v) is 1.84. The molecular formula is C11H15N3O3. The number of piperazine rings is 1. The summed E-state index contributed by atoms with van der Waals surface area (Å²) in [4.78, 5) is 25.4. The summed E-state index contributed by atoms with van der Waals surface area (Å²) in [6.07, 6.45) is 1.44. The van der Waals surface area contributed by atoms with Crippen molar-refractivity contribution in [3.05, 3.63) is 18.0 Å². The first-order valence-electron chi connectivity index (χ1n) is 5.44. The van der Waals surface area contributed by atoms with E-state index in [0.717, 1.165) is 0 Å². The van der Waals surface area contributed by atoms with E-state index in [1.165, 1.54) is 11.2 Å². The maximum Gasteiger partial charge on any atom is 0.248 e. The molecule has 0 aliphatic carbocycles. The maximum absolute atomic E-state index is 12.2. The molecule has 0 aromatic carbocycles. The fourth-order valence-electron chi connectivity index (χ4n) is 1.84. The van der Waals surface area contributed by atoms with Gasteiger partial charge in [0.25, 0.3) is 0 Å². The van der Waals surface area contributed by atoms with Gasteiger partial charge < -0.3 is 14.7 Å². The van der Waals surface area contributed by atoms with E-state index in [1.54, 1.807) is 26.8 Å². The molecule has 1 unspecified atom stereocenters. The van der Waals surface area contributed by atoms with Gasteiger partial charge in [-0.05, 0) is 20.8 Å². The average Bonchev–Trinajstić information content (AvgIpc) is 2.74. The van der Waals surface area contributed by atoms with Gasteiger partial charge >= 0.3 is 0 Å². The summed E-state index contributed by atoms with van der Waals surface area (Å²) in [5, 5.41) is 6.44. The van der Waals surface area contributed by atoms with Crippen LogP contribution in [0.3, 0.4) is 0 Å². The second kappa shape index (κ2) is 3.87. The standard InChI is InChI=1S/C11H15N3O3/c1-7-9(15)12-11(2,3)10(16)14(7)6-8-4-5-17-13-8/h4-5,7H,6H2,1-3H3,(H,12,15). The second-order valence-electron chi connectivity index (χ2n) is 4.71. The third kappa shape index (κ3) is 2.02. The van der Waals surface area contributed by atoms with Crippen molar-refractivity contribution in [2.75, 3.05) is 0 Å². The van der Waals surface area contributed by atoms with Crippen LogP contribution in [0.15, 0.2) is 16.9 Å². The molecule has 2 heterocycles. The average molecular weight is 237 g/mol. The Morgan fingerprint density at radius 2 is 2.24 bits per heavy atom. The number of rotatable bonds is 2. The molecule has 2 rings (SSSR count). The van der Waals surface area contributed by atoms with Crippen LogP contribution in [-0.4, -0.2) is 33.5 Å². The van der Waals surface area contributed by atoms with Gasteiger partial charge in [-0.1, -0.05) is 5.16 Å². The smallest absolute Gasteiger partial charge is 0.248 e. The van der Waals surface area contributed by atoms with Gasteiger partial charge in [0.15, 0.2) is 0 Å². The molecule has 2 amide bonds. The summed E-state index contributed by atoms with van der Waals surface area (Å²) in [6, 6.07) is 1.19. The van der Waals surface area contributed by atoms with Crippen molar-refractivity contribution in [2.24, 2.45) is 0 Å². The predicted octanol–water partition coefficient (Wildman–Crippen LogP) is 0.300. The fraction of sp³-hybridized carbons (Fsp3) is 0.545. The molecule has 6 nitrogen and oxygen atoms in total. The van der Waals surface area contributed by atoms with Crippen molar-refractivity contribution in [3.63, 3.8) is 0 Å². The molecule has 1 atom stereocenters. The monoisotopic (exact) mass is 237 g/mol. The lowest BCUT2D eigenvalue weighted by molar-refractivity contribution is -0.153. The third-order valence-corrected chi connectivity index (χ3v) is 2.90. The lowest BCUT2D eigenvalue weighted by Crippen LogP contribution is -2.66. The summed E-state index contributed by atoms with van der Waals surface area (Å²) in [6.45, 7) is 5.36. The quantitative estimate of drug-likeness (QED) is 0.802. The van der Waals surface area contributed by atoms with Crippen LogP contribution in [-0.2, 0) is 16.1 Å². The van der Waals surface area contributed by atoms with Crippen LogP contribution in [0.2, 0.25) is 0 Å². The summed E-state index contributed by atoms with van der Waals surface area (Å²) < 4.78 is 4.72. The first kappa shape index (κ1) is 11.6. The molecule has 1 aliphatic heterocycles. The molecule has 1 aliphatic rings. The van der Waals surface area contributed by atoms with Crippen molar-refractivity contribution in [2.45, 2.75) is 38.9 Å². The minimum atomic E-state index is -0.868. The lowest BCUT2D eigenvalue weighted by Gasteiger charge is -2.41. The Labute approximate surface area is 98.9 Å². The number of hydrogen-bond donors (Lipinski definition) is 1. The Bertz CT molecular complexity index is 439. The molecule has 17 heavy (non-hydrogen) atoms. The highest BCUT2D eigenvalue weighted by molar-refractivity contribution is 5.98. The zero-order chi connectivity index (χ0) is 12.6. The molecular weight excluding hydrogens is 222 g/mol. The van der Waals surface area contributed by atoms with E-state index in [-0.39, 0.29) is 18.4 Å². The number of nitrogens with one attached hydrogen (secondary N) is 1. The highest BCUT2D eigenvalue weighted by Crippen LogP contribution is 2.19. The molecule has 1 N–H and O–H groups in total. The van der Waals surface area contributed by atoms with E-state index < -0.39 is 11.6 Å². The van der Waals surface area contributed by atoms with E-state index in [1.807, 2.05) is 0 Å². The van der Waals surface area contributed by atoms with Crippen LogP contribution < -0.4 is 5.32 Å². The largest absolute Gasteiger partial charge is 0.364 e. The van der Waals surface area contributed by atoms with E-state index in [0.29, 0.717) is 5.69 Å².